The van der Waals surface area contributed by atoms with E-state index in [4.69, 9.17) is 0 Å². The Labute approximate surface area is 113 Å². The molecule has 0 aliphatic carbocycles. The molecule has 0 saturated carbocycles. The number of rotatable bonds is 4. The number of aromatic nitrogens is 1. The van der Waals surface area contributed by atoms with Gasteiger partial charge in [-0.15, -0.1) is 0 Å². The van der Waals surface area contributed by atoms with Gasteiger partial charge in [0, 0.05) is 34.9 Å². The lowest BCUT2D eigenvalue weighted by Gasteiger charge is -2.06. The molecule has 2 rings (SSSR count). The first-order chi connectivity index (χ1) is 9.15. The maximum Gasteiger partial charge on any atom is 0.125 e. The fourth-order valence-corrected chi connectivity index (χ4v) is 2.57. The van der Waals surface area contributed by atoms with Crippen molar-refractivity contribution in [3.63, 3.8) is 0 Å². The Balaban J connectivity index is 2.90. The van der Waals surface area contributed by atoms with Gasteiger partial charge in [0.2, 0.25) is 0 Å². The van der Waals surface area contributed by atoms with Crippen molar-refractivity contribution in [1.29, 1.82) is 0 Å². The zero-order chi connectivity index (χ0) is 14.0. The van der Waals surface area contributed by atoms with Crippen LogP contribution in [-0.4, -0.2) is 17.7 Å². The molecular formula is C16H19FN2. The van der Waals surface area contributed by atoms with Gasteiger partial charge in [0.15, 0.2) is 0 Å². The monoisotopic (exact) mass is 258 g/mol. The number of hydrogen-bond donors (Lipinski definition) is 1. The van der Waals surface area contributed by atoms with Crippen LogP contribution < -0.4 is 0 Å². The lowest BCUT2D eigenvalue weighted by Crippen LogP contribution is -2.02. The molecule has 0 amide bonds. The summed E-state index contributed by atoms with van der Waals surface area (Å²) in [6.07, 6.45) is 3.41. The zero-order valence-corrected chi connectivity index (χ0v) is 11.7. The molecule has 0 bridgehead atoms. The first kappa shape index (κ1) is 13.5. The van der Waals surface area contributed by atoms with Crippen LogP contribution in [-0.2, 0) is 6.42 Å². The van der Waals surface area contributed by atoms with Crippen molar-refractivity contribution in [2.75, 3.05) is 7.05 Å². The Bertz CT molecular complexity index is 650. The summed E-state index contributed by atoms with van der Waals surface area (Å²) >= 11 is 0. The Morgan fingerprint density at radius 1 is 1.42 bits per heavy atom. The lowest BCUT2D eigenvalue weighted by molar-refractivity contribution is 0.629. The van der Waals surface area contributed by atoms with Gasteiger partial charge in [0.1, 0.15) is 5.82 Å². The third-order valence-electron chi connectivity index (χ3n) is 3.44. The van der Waals surface area contributed by atoms with Crippen LogP contribution >= 0.6 is 0 Å². The standard InChI is InChI=1S/C16H19FN2/c1-5-10-8-11(17)9-14-15(10)16(12(6-2)18-4)13(7-3)19-14/h5,8-9,19H,1,6-7H2,2-4H3. The molecule has 0 atom stereocenters. The second-order valence-electron chi connectivity index (χ2n) is 4.48. The van der Waals surface area contributed by atoms with Crippen molar-refractivity contribution >= 4 is 22.7 Å². The van der Waals surface area contributed by atoms with Crippen molar-refractivity contribution in [3.8, 4) is 0 Å². The average molecular weight is 258 g/mol. The van der Waals surface area contributed by atoms with Gasteiger partial charge >= 0.3 is 0 Å². The third-order valence-corrected chi connectivity index (χ3v) is 3.44. The number of fused-ring (bicyclic) bond motifs is 1. The van der Waals surface area contributed by atoms with Crippen LogP contribution in [0.1, 0.15) is 37.1 Å². The maximum absolute atomic E-state index is 13.6. The van der Waals surface area contributed by atoms with E-state index in [1.54, 1.807) is 13.1 Å². The lowest BCUT2D eigenvalue weighted by atomic mass is 9.98. The SMILES string of the molecule is C=Cc1cc(F)cc2[nH]c(CC)c(C(CC)=NC)c12. The van der Waals surface area contributed by atoms with Gasteiger partial charge in [-0.3, -0.25) is 4.99 Å². The van der Waals surface area contributed by atoms with E-state index in [1.807, 2.05) is 0 Å². The minimum absolute atomic E-state index is 0.246. The molecule has 100 valence electrons. The predicted octanol–water partition coefficient (Wildman–Crippen LogP) is 4.34. The summed E-state index contributed by atoms with van der Waals surface area (Å²) in [5.74, 6) is -0.246. The molecule has 1 aromatic heterocycles. The second kappa shape index (κ2) is 5.39. The van der Waals surface area contributed by atoms with Crippen LogP contribution in [0, 0.1) is 5.82 Å². The molecule has 0 aliphatic rings. The molecule has 0 aliphatic heterocycles. The highest BCUT2D eigenvalue weighted by atomic mass is 19.1. The smallest absolute Gasteiger partial charge is 0.125 e. The Kier molecular flexibility index (Phi) is 3.84. The molecule has 1 heterocycles. The van der Waals surface area contributed by atoms with Gasteiger partial charge in [-0.05, 0) is 30.5 Å². The summed E-state index contributed by atoms with van der Waals surface area (Å²) in [5, 5.41) is 1.02. The van der Waals surface area contributed by atoms with Crippen LogP contribution in [0.5, 0.6) is 0 Å². The molecule has 0 spiro atoms. The first-order valence-electron chi connectivity index (χ1n) is 6.58. The molecular weight excluding hydrogens is 239 g/mol. The van der Waals surface area contributed by atoms with Gasteiger partial charge in [-0.2, -0.15) is 0 Å². The van der Waals surface area contributed by atoms with E-state index in [2.05, 4.69) is 30.4 Å². The molecule has 2 aromatic rings. The van der Waals surface area contributed by atoms with Gasteiger partial charge < -0.3 is 4.98 Å². The van der Waals surface area contributed by atoms with E-state index in [1.165, 1.54) is 12.1 Å². The summed E-state index contributed by atoms with van der Waals surface area (Å²) in [6.45, 7) is 7.95. The minimum atomic E-state index is -0.246. The summed E-state index contributed by atoms with van der Waals surface area (Å²) in [7, 11) is 1.80. The van der Waals surface area contributed by atoms with E-state index >= 15 is 0 Å². The largest absolute Gasteiger partial charge is 0.358 e. The number of H-pyrrole nitrogens is 1. The Hall–Kier alpha value is -1.90. The average Bonchev–Trinajstić information content (AvgIpc) is 2.78. The van der Waals surface area contributed by atoms with Crippen LogP contribution in [0.25, 0.3) is 17.0 Å². The van der Waals surface area contributed by atoms with Gasteiger partial charge in [-0.1, -0.05) is 26.5 Å². The molecule has 0 radical (unpaired) electrons. The normalized spacial score (nSPS) is 12.1. The molecule has 1 aromatic carbocycles. The Morgan fingerprint density at radius 3 is 2.68 bits per heavy atom. The number of halogens is 1. The highest BCUT2D eigenvalue weighted by Gasteiger charge is 2.17. The quantitative estimate of drug-likeness (QED) is 0.790. The van der Waals surface area contributed by atoms with Gasteiger partial charge in [0.25, 0.3) is 0 Å². The summed E-state index contributed by atoms with van der Waals surface area (Å²) in [5.41, 5.74) is 4.88. The maximum atomic E-state index is 13.6. The van der Waals surface area contributed by atoms with Gasteiger partial charge in [0.05, 0.1) is 0 Å². The van der Waals surface area contributed by atoms with Gasteiger partial charge in [-0.25, -0.2) is 4.39 Å². The third kappa shape index (κ3) is 2.21. The van der Waals surface area contributed by atoms with Crippen molar-refractivity contribution in [3.05, 3.63) is 41.3 Å². The van der Waals surface area contributed by atoms with Crippen LogP contribution in [0.15, 0.2) is 23.7 Å². The van der Waals surface area contributed by atoms with Crippen LogP contribution in [0.2, 0.25) is 0 Å². The number of nitrogens with one attached hydrogen (secondary N) is 1. The number of aromatic amines is 1. The zero-order valence-electron chi connectivity index (χ0n) is 11.7. The second-order valence-corrected chi connectivity index (χ2v) is 4.48. The molecule has 0 unspecified atom stereocenters. The van der Waals surface area contributed by atoms with E-state index in [0.29, 0.717) is 0 Å². The summed E-state index contributed by atoms with van der Waals surface area (Å²) < 4.78 is 13.6. The molecule has 19 heavy (non-hydrogen) atoms. The van der Waals surface area contributed by atoms with Crippen LogP contribution in [0.3, 0.4) is 0 Å². The minimum Gasteiger partial charge on any atom is -0.358 e. The van der Waals surface area contributed by atoms with E-state index in [9.17, 15) is 4.39 Å². The number of hydrogen-bond acceptors (Lipinski definition) is 1. The highest BCUT2D eigenvalue weighted by molar-refractivity contribution is 6.14. The first-order valence-corrected chi connectivity index (χ1v) is 6.58. The predicted molar refractivity (Wildman–Crippen MR) is 80.5 cm³/mol. The van der Waals surface area contributed by atoms with Crippen LogP contribution in [0.4, 0.5) is 4.39 Å². The molecule has 2 nitrogen and oxygen atoms in total. The van der Waals surface area contributed by atoms with E-state index in [0.717, 1.165) is 46.3 Å². The Morgan fingerprint density at radius 2 is 2.16 bits per heavy atom. The molecule has 0 saturated heterocycles. The molecule has 1 N–H and O–H groups in total. The fourth-order valence-electron chi connectivity index (χ4n) is 2.57. The number of aliphatic imine (C=N–C) groups is 1. The van der Waals surface area contributed by atoms with Crippen molar-refractivity contribution in [2.45, 2.75) is 26.7 Å². The summed E-state index contributed by atoms with van der Waals surface area (Å²) in [4.78, 5) is 7.68. The topological polar surface area (TPSA) is 28.1 Å². The van der Waals surface area contributed by atoms with Crippen molar-refractivity contribution in [2.24, 2.45) is 4.99 Å². The fraction of sp³-hybridized carbons (Fsp3) is 0.312. The number of nitrogens with zero attached hydrogens (tertiary/aromatic N) is 1. The van der Waals surface area contributed by atoms with E-state index in [-0.39, 0.29) is 5.82 Å². The molecule has 3 heteroatoms. The van der Waals surface area contributed by atoms with Crippen molar-refractivity contribution in [1.82, 2.24) is 4.98 Å². The number of aryl methyl sites for hydroxylation is 1. The summed E-state index contributed by atoms with van der Waals surface area (Å²) in [6, 6.07) is 3.06. The highest BCUT2D eigenvalue weighted by Crippen LogP contribution is 2.29. The van der Waals surface area contributed by atoms with Crippen molar-refractivity contribution < 1.29 is 4.39 Å². The van der Waals surface area contributed by atoms with E-state index < -0.39 is 0 Å². The molecule has 0 fully saturated rings. The number of benzene rings is 1.